The van der Waals surface area contributed by atoms with Gasteiger partial charge in [-0.25, -0.2) is 4.98 Å². The van der Waals surface area contributed by atoms with Gasteiger partial charge in [-0.1, -0.05) is 42.2 Å². The number of ether oxygens (including phenoxy) is 2. The first kappa shape index (κ1) is 24.2. The first-order chi connectivity index (χ1) is 18.2. The number of hydrogen-bond donors (Lipinski definition) is 1. The Kier molecular flexibility index (Phi) is 7.49. The Hall–Kier alpha value is -4.54. The molecule has 0 aliphatic carbocycles. The normalized spacial score (nSPS) is 13.4. The zero-order valence-electron chi connectivity index (χ0n) is 21.0. The molecule has 0 radical (unpaired) electrons. The van der Waals surface area contributed by atoms with Crippen LogP contribution in [0.5, 0.6) is 17.4 Å². The number of piperazine rings is 1. The van der Waals surface area contributed by atoms with Gasteiger partial charge in [0, 0.05) is 43.1 Å². The van der Waals surface area contributed by atoms with Crippen molar-refractivity contribution < 1.29 is 9.47 Å². The highest BCUT2D eigenvalue weighted by atomic mass is 16.5. The third-order valence-electron chi connectivity index (χ3n) is 6.14. The van der Waals surface area contributed by atoms with Crippen LogP contribution < -0.4 is 19.7 Å². The molecule has 7 nitrogen and oxygen atoms in total. The summed E-state index contributed by atoms with van der Waals surface area (Å²) in [5.41, 5.74) is 3.58. The fourth-order valence-corrected chi connectivity index (χ4v) is 4.01. The van der Waals surface area contributed by atoms with Crippen LogP contribution in [0, 0.1) is 11.8 Å². The topological polar surface area (TPSA) is 62.8 Å². The van der Waals surface area contributed by atoms with E-state index in [4.69, 9.17) is 9.47 Å². The van der Waals surface area contributed by atoms with Crippen molar-refractivity contribution in [2.24, 2.45) is 0 Å². The van der Waals surface area contributed by atoms with Crippen LogP contribution in [0.1, 0.15) is 11.1 Å². The Morgan fingerprint density at radius 1 is 0.811 bits per heavy atom. The lowest BCUT2D eigenvalue weighted by Gasteiger charge is -2.34. The molecule has 1 N–H and O–H groups in total. The average Bonchev–Trinajstić information content (AvgIpc) is 2.94. The molecule has 0 bridgehead atoms. The van der Waals surface area contributed by atoms with Gasteiger partial charge in [0.15, 0.2) is 11.5 Å². The van der Waals surface area contributed by atoms with Gasteiger partial charge in [0.05, 0.1) is 13.3 Å². The van der Waals surface area contributed by atoms with Crippen LogP contribution in [0.25, 0.3) is 0 Å². The largest absolute Gasteiger partial charge is 0.493 e. The molecular weight excluding hydrogens is 462 g/mol. The van der Waals surface area contributed by atoms with Crippen LogP contribution in [-0.2, 0) is 0 Å². The molecule has 4 aromatic rings. The lowest BCUT2D eigenvalue weighted by atomic mass is 10.2. The summed E-state index contributed by atoms with van der Waals surface area (Å²) in [5, 5.41) is 3.29. The van der Waals surface area contributed by atoms with Crippen molar-refractivity contribution in [1.82, 2.24) is 14.9 Å². The van der Waals surface area contributed by atoms with Crippen LogP contribution in [0.2, 0.25) is 0 Å². The first-order valence-corrected chi connectivity index (χ1v) is 12.2. The Morgan fingerprint density at radius 3 is 2.24 bits per heavy atom. The van der Waals surface area contributed by atoms with Crippen molar-refractivity contribution in [2.75, 3.05) is 50.6 Å². The van der Waals surface area contributed by atoms with Gasteiger partial charge < -0.3 is 24.6 Å². The fourth-order valence-electron chi connectivity index (χ4n) is 4.01. The van der Waals surface area contributed by atoms with E-state index in [9.17, 15) is 0 Å². The molecule has 1 aromatic heterocycles. The molecular formula is C30H29N5O2. The zero-order valence-corrected chi connectivity index (χ0v) is 21.0. The predicted molar refractivity (Wildman–Crippen MR) is 147 cm³/mol. The maximum atomic E-state index is 6.18. The summed E-state index contributed by atoms with van der Waals surface area (Å²) in [6, 6.07) is 25.6. The number of rotatable bonds is 6. The van der Waals surface area contributed by atoms with E-state index >= 15 is 0 Å². The summed E-state index contributed by atoms with van der Waals surface area (Å²) >= 11 is 0. The molecule has 5 rings (SSSR count). The molecule has 1 aliphatic rings. The van der Waals surface area contributed by atoms with Crippen molar-refractivity contribution in [1.29, 1.82) is 0 Å². The molecule has 0 spiro atoms. The highest BCUT2D eigenvalue weighted by molar-refractivity contribution is 5.60. The molecule has 1 aliphatic heterocycles. The van der Waals surface area contributed by atoms with Crippen molar-refractivity contribution in [3.05, 3.63) is 96.2 Å². The summed E-state index contributed by atoms with van der Waals surface area (Å²) in [4.78, 5) is 13.9. The summed E-state index contributed by atoms with van der Waals surface area (Å²) in [5.74, 6) is 8.23. The maximum Gasteiger partial charge on any atom is 0.240 e. The second-order valence-corrected chi connectivity index (χ2v) is 8.74. The molecule has 37 heavy (non-hydrogen) atoms. The third kappa shape index (κ3) is 6.18. The number of para-hydroxylation sites is 2. The van der Waals surface area contributed by atoms with Gasteiger partial charge in [0.1, 0.15) is 5.56 Å². The van der Waals surface area contributed by atoms with E-state index < -0.39 is 0 Å². The first-order valence-electron chi connectivity index (χ1n) is 12.2. The number of nitrogens with one attached hydrogen (secondary N) is 1. The quantitative estimate of drug-likeness (QED) is 0.373. The van der Waals surface area contributed by atoms with E-state index in [0.717, 1.165) is 37.4 Å². The van der Waals surface area contributed by atoms with E-state index in [0.29, 0.717) is 28.9 Å². The minimum absolute atomic E-state index is 0.347. The van der Waals surface area contributed by atoms with Crippen molar-refractivity contribution in [2.45, 2.75) is 0 Å². The molecule has 3 aromatic carbocycles. The monoisotopic (exact) mass is 491 g/mol. The van der Waals surface area contributed by atoms with Crippen LogP contribution in [0.3, 0.4) is 0 Å². The molecule has 0 saturated carbocycles. The van der Waals surface area contributed by atoms with Gasteiger partial charge in [-0.3, -0.25) is 0 Å². The number of methoxy groups -OCH3 is 1. The average molecular weight is 492 g/mol. The van der Waals surface area contributed by atoms with Gasteiger partial charge in [-0.15, -0.1) is 0 Å². The van der Waals surface area contributed by atoms with E-state index in [1.165, 1.54) is 5.69 Å². The molecule has 7 heteroatoms. The summed E-state index contributed by atoms with van der Waals surface area (Å²) in [6.07, 6.45) is 1.68. The molecule has 1 saturated heterocycles. The Balaban J connectivity index is 1.39. The molecule has 0 unspecified atom stereocenters. The highest BCUT2D eigenvalue weighted by Gasteiger charge is 2.15. The van der Waals surface area contributed by atoms with Gasteiger partial charge in [-0.2, -0.15) is 4.98 Å². The SMILES string of the molecule is COc1ccccc1Oc1nc(Nc2ccc(N3CCN(C)CC3)cc2)ncc1C#Cc1ccccc1. The number of anilines is 3. The Labute approximate surface area is 217 Å². The fraction of sp³-hybridized carbons (Fsp3) is 0.200. The minimum atomic E-state index is 0.347. The standard InChI is InChI=1S/C30H29N5O2/c1-34-18-20-35(21-19-34)26-16-14-25(15-17-26)32-30-31-22-24(13-12-23-8-4-3-5-9-23)29(33-30)37-28-11-7-6-10-27(28)36-2/h3-11,14-17,22H,18-21H2,1-2H3,(H,31,32,33). The van der Waals surface area contributed by atoms with E-state index in [1.54, 1.807) is 13.3 Å². The predicted octanol–water partition coefficient (Wildman–Crippen LogP) is 5.17. The second kappa shape index (κ2) is 11.5. The number of hydrogen-bond acceptors (Lipinski definition) is 7. The lowest BCUT2D eigenvalue weighted by Crippen LogP contribution is -2.44. The van der Waals surface area contributed by atoms with Gasteiger partial charge in [0.25, 0.3) is 0 Å². The van der Waals surface area contributed by atoms with Crippen molar-refractivity contribution in [3.8, 4) is 29.2 Å². The third-order valence-corrected chi connectivity index (χ3v) is 6.14. The van der Waals surface area contributed by atoms with E-state index in [-0.39, 0.29) is 0 Å². The van der Waals surface area contributed by atoms with E-state index in [2.05, 4.69) is 56.1 Å². The molecule has 0 amide bonds. The number of benzene rings is 3. The van der Waals surface area contributed by atoms with Gasteiger partial charge in [-0.05, 0) is 55.6 Å². The number of aromatic nitrogens is 2. The molecule has 186 valence electrons. The van der Waals surface area contributed by atoms with E-state index in [1.807, 2.05) is 66.7 Å². The summed E-state index contributed by atoms with van der Waals surface area (Å²) < 4.78 is 11.6. The van der Waals surface area contributed by atoms with Gasteiger partial charge >= 0.3 is 0 Å². The van der Waals surface area contributed by atoms with Crippen molar-refractivity contribution >= 4 is 17.3 Å². The summed E-state index contributed by atoms with van der Waals surface area (Å²) in [7, 11) is 3.77. The maximum absolute atomic E-state index is 6.18. The van der Waals surface area contributed by atoms with Gasteiger partial charge in [0.2, 0.25) is 11.8 Å². The highest BCUT2D eigenvalue weighted by Crippen LogP contribution is 2.32. The molecule has 1 fully saturated rings. The minimum Gasteiger partial charge on any atom is -0.493 e. The summed E-state index contributed by atoms with van der Waals surface area (Å²) in [6.45, 7) is 4.20. The molecule has 0 atom stereocenters. The Bertz CT molecular complexity index is 1390. The number of likely N-dealkylation sites (N-methyl/N-ethyl adjacent to an activating group) is 1. The lowest BCUT2D eigenvalue weighted by molar-refractivity contribution is 0.313. The van der Waals surface area contributed by atoms with Crippen LogP contribution in [0.4, 0.5) is 17.3 Å². The Morgan fingerprint density at radius 2 is 1.51 bits per heavy atom. The smallest absolute Gasteiger partial charge is 0.240 e. The number of nitrogens with zero attached hydrogens (tertiary/aromatic N) is 4. The van der Waals surface area contributed by atoms with Crippen molar-refractivity contribution in [3.63, 3.8) is 0 Å². The van der Waals surface area contributed by atoms with Crippen LogP contribution in [0.15, 0.2) is 85.1 Å². The zero-order chi connectivity index (χ0) is 25.5. The van der Waals surface area contributed by atoms with Crippen LogP contribution >= 0.6 is 0 Å². The second-order valence-electron chi connectivity index (χ2n) is 8.74. The molecule has 2 heterocycles. The van der Waals surface area contributed by atoms with Crippen LogP contribution in [-0.4, -0.2) is 55.2 Å².